The Morgan fingerprint density at radius 2 is 2.22 bits per heavy atom. The van der Waals surface area contributed by atoms with Crippen molar-refractivity contribution in [2.24, 2.45) is 0 Å². The molecule has 1 atom stereocenters. The first-order valence-electron chi connectivity index (χ1n) is 7.63. The van der Waals surface area contributed by atoms with Crippen LogP contribution in [0.25, 0.3) is 10.9 Å². The molecule has 1 N–H and O–H groups in total. The molecular formula is C17H21N3O2S. The number of fused-ring (bicyclic) bond motifs is 1. The number of carbonyl (C=O) groups excluding carboxylic acids is 1. The van der Waals surface area contributed by atoms with Crippen molar-refractivity contribution < 1.29 is 4.79 Å². The molecule has 0 spiro atoms. The van der Waals surface area contributed by atoms with Gasteiger partial charge in [-0.3, -0.25) is 14.2 Å². The number of thioether (sulfide) groups is 1. The second kappa shape index (κ2) is 7.97. The Bertz CT molecular complexity index is 770. The van der Waals surface area contributed by atoms with Gasteiger partial charge >= 0.3 is 0 Å². The zero-order chi connectivity index (χ0) is 16.8. The van der Waals surface area contributed by atoms with Gasteiger partial charge in [0, 0.05) is 13.1 Å². The number of benzene rings is 1. The van der Waals surface area contributed by atoms with Gasteiger partial charge in [0.05, 0.1) is 16.2 Å². The summed E-state index contributed by atoms with van der Waals surface area (Å²) in [6, 6.07) is 7.23. The lowest BCUT2D eigenvalue weighted by Gasteiger charge is -2.15. The van der Waals surface area contributed by atoms with Crippen LogP contribution in [0.5, 0.6) is 0 Å². The summed E-state index contributed by atoms with van der Waals surface area (Å²) in [4.78, 5) is 29.2. The van der Waals surface area contributed by atoms with Gasteiger partial charge in [-0.05, 0) is 25.5 Å². The minimum absolute atomic E-state index is 0.0515. The van der Waals surface area contributed by atoms with Crippen molar-refractivity contribution in [3.8, 4) is 0 Å². The van der Waals surface area contributed by atoms with Crippen molar-refractivity contribution in [2.45, 2.75) is 37.2 Å². The number of nitrogens with one attached hydrogen (secondary N) is 1. The lowest BCUT2D eigenvalue weighted by molar-refractivity contribution is -0.120. The summed E-state index contributed by atoms with van der Waals surface area (Å²) in [6.07, 6.45) is 2.54. The first kappa shape index (κ1) is 17.3. The van der Waals surface area contributed by atoms with Crippen LogP contribution in [0.15, 0.2) is 46.9 Å². The Morgan fingerprint density at radius 1 is 1.48 bits per heavy atom. The van der Waals surface area contributed by atoms with Crippen molar-refractivity contribution in [3.05, 3.63) is 47.3 Å². The molecule has 2 rings (SSSR count). The molecule has 0 saturated carbocycles. The van der Waals surface area contributed by atoms with Crippen molar-refractivity contribution in [2.75, 3.05) is 6.54 Å². The van der Waals surface area contributed by atoms with E-state index in [1.165, 1.54) is 11.8 Å². The Morgan fingerprint density at radius 3 is 2.91 bits per heavy atom. The van der Waals surface area contributed by atoms with Crippen LogP contribution < -0.4 is 10.9 Å². The van der Waals surface area contributed by atoms with Crippen LogP contribution in [-0.4, -0.2) is 27.3 Å². The molecule has 0 fully saturated rings. The summed E-state index contributed by atoms with van der Waals surface area (Å²) in [5.74, 6) is -0.0515. The summed E-state index contributed by atoms with van der Waals surface area (Å²) in [5, 5.41) is 3.64. The maximum absolute atomic E-state index is 12.6. The van der Waals surface area contributed by atoms with E-state index < -0.39 is 0 Å². The van der Waals surface area contributed by atoms with E-state index >= 15 is 0 Å². The van der Waals surface area contributed by atoms with E-state index in [1.54, 1.807) is 22.8 Å². The fourth-order valence-electron chi connectivity index (χ4n) is 2.13. The predicted molar refractivity (Wildman–Crippen MR) is 94.8 cm³/mol. The number of hydrogen-bond donors (Lipinski definition) is 1. The lowest BCUT2D eigenvalue weighted by atomic mass is 10.2. The Balaban J connectivity index is 2.38. The molecule has 1 heterocycles. The van der Waals surface area contributed by atoms with Crippen LogP contribution in [0.1, 0.15) is 20.3 Å². The van der Waals surface area contributed by atoms with Crippen molar-refractivity contribution in [1.82, 2.24) is 14.9 Å². The van der Waals surface area contributed by atoms with E-state index in [4.69, 9.17) is 0 Å². The van der Waals surface area contributed by atoms with Gasteiger partial charge in [-0.2, -0.15) is 0 Å². The molecule has 1 aromatic heterocycles. The maximum Gasteiger partial charge on any atom is 0.262 e. The lowest BCUT2D eigenvalue weighted by Crippen LogP contribution is -2.32. The molecule has 0 radical (unpaired) electrons. The summed E-state index contributed by atoms with van der Waals surface area (Å²) in [6.45, 7) is 8.53. The molecule has 0 aliphatic carbocycles. The molecule has 0 aliphatic rings. The second-order valence-electron chi connectivity index (χ2n) is 5.17. The van der Waals surface area contributed by atoms with Crippen LogP contribution in [-0.2, 0) is 11.3 Å². The van der Waals surface area contributed by atoms with Crippen LogP contribution in [0.2, 0.25) is 0 Å². The molecule has 0 saturated heterocycles. The van der Waals surface area contributed by atoms with Gasteiger partial charge in [-0.25, -0.2) is 4.98 Å². The van der Waals surface area contributed by atoms with Gasteiger partial charge in [0.1, 0.15) is 0 Å². The summed E-state index contributed by atoms with van der Waals surface area (Å²) in [5.41, 5.74) is 0.528. The number of carbonyl (C=O) groups is 1. The Hall–Kier alpha value is -2.08. The standard InChI is InChI=1S/C17H21N3O2S/c1-4-10-18-15(21)12(3)23-17-19-14-9-7-6-8-13(14)16(22)20(17)11-5-2/h5-9,12H,2,4,10-11H2,1,3H3,(H,18,21)/t12-/m1/s1. The van der Waals surface area contributed by atoms with E-state index in [9.17, 15) is 9.59 Å². The average Bonchev–Trinajstić information content (AvgIpc) is 2.56. The molecular weight excluding hydrogens is 310 g/mol. The van der Waals surface area contributed by atoms with E-state index in [0.29, 0.717) is 29.1 Å². The SMILES string of the molecule is C=CCn1c(S[C@H](C)C(=O)NCCC)nc2ccccc2c1=O. The van der Waals surface area contributed by atoms with Crippen molar-refractivity contribution >= 4 is 28.6 Å². The van der Waals surface area contributed by atoms with Crippen molar-refractivity contribution in [1.29, 1.82) is 0 Å². The van der Waals surface area contributed by atoms with Crippen LogP contribution >= 0.6 is 11.8 Å². The topological polar surface area (TPSA) is 64.0 Å². The van der Waals surface area contributed by atoms with Crippen molar-refractivity contribution in [3.63, 3.8) is 0 Å². The average molecular weight is 331 g/mol. The quantitative estimate of drug-likeness (QED) is 0.481. The molecule has 6 heteroatoms. The molecule has 122 valence electrons. The third kappa shape index (κ3) is 4.01. The van der Waals surface area contributed by atoms with E-state index in [0.717, 1.165) is 6.42 Å². The molecule has 0 unspecified atom stereocenters. The maximum atomic E-state index is 12.6. The summed E-state index contributed by atoms with van der Waals surface area (Å²) >= 11 is 1.29. The van der Waals surface area contributed by atoms with Gasteiger partial charge in [0.15, 0.2) is 5.16 Å². The van der Waals surface area contributed by atoms with Crippen LogP contribution in [0.3, 0.4) is 0 Å². The number of para-hydroxylation sites is 1. The molecule has 1 aromatic carbocycles. The molecule has 5 nitrogen and oxygen atoms in total. The fraction of sp³-hybridized carbons (Fsp3) is 0.353. The molecule has 2 aromatic rings. The first-order chi connectivity index (χ1) is 11.1. The minimum atomic E-state index is -0.328. The zero-order valence-corrected chi connectivity index (χ0v) is 14.2. The highest BCUT2D eigenvalue weighted by Gasteiger charge is 2.18. The molecule has 1 amide bonds. The summed E-state index contributed by atoms with van der Waals surface area (Å²) in [7, 11) is 0. The number of hydrogen-bond acceptors (Lipinski definition) is 4. The second-order valence-corrected chi connectivity index (χ2v) is 6.48. The number of aromatic nitrogens is 2. The monoisotopic (exact) mass is 331 g/mol. The zero-order valence-electron chi connectivity index (χ0n) is 13.4. The van der Waals surface area contributed by atoms with Gasteiger partial charge in [-0.1, -0.05) is 36.9 Å². The largest absolute Gasteiger partial charge is 0.355 e. The first-order valence-corrected chi connectivity index (χ1v) is 8.51. The normalized spacial score (nSPS) is 12.1. The van der Waals surface area contributed by atoms with Crippen LogP contribution in [0, 0.1) is 0 Å². The number of allylic oxidation sites excluding steroid dienone is 1. The predicted octanol–water partition coefficient (Wildman–Crippen LogP) is 2.59. The highest BCUT2D eigenvalue weighted by Crippen LogP contribution is 2.22. The number of rotatable bonds is 7. The molecule has 0 bridgehead atoms. The van der Waals surface area contributed by atoms with E-state index in [1.807, 2.05) is 26.0 Å². The van der Waals surface area contributed by atoms with E-state index in [-0.39, 0.29) is 16.7 Å². The Kier molecular flexibility index (Phi) is 5.98. The van der Waals surface area contributed by atoms with E-state index in [2.05, 4.69) is 16.9 Å². The van der Waals surface area contributed by atoms with Gasteiger partial charge in [-0.15, -0.1) is 6.58 Å². The third-order valence-corrected chi connectivity index (χ3v) is 4.43. The Labute approximate surface area is 139 Å². The number of nitrogens with zero attached hydrogens (tertiary/aromatic N) is 2. The fourth-order valence-corrected chi connectivity index (χ4v) is 3.07. The smallest absolute Gasteiger partial charge is 0.262 e. The number of amides is 1. The highest BCUT2D eigenvalue weighted by molar-refractivity contribution is 8.00. The summed E-state index contributed by atoms with van der Waals surface area (Å²) < 4.78 is 1.56. The third-order valence-electron chi connectivity index (χ3n) is 3.34. The molecule has 0 aliphatic heterocycles. The highest BCUT2D eigenvalue weighted by atomic mass is 32.2. The minimum Gasteiger partial charge on any atom is -0.355 e. The molecule has 23 heavy (non-hydrogen) atoms. The van der Waals surface area contributed by atoms with Gasteiger partial charge < -0.3 is 5.32 Å². The van der Waals surface area contributed by atoms with Gasteiger partial charge in [0.25, 0.3) is 5.56 Å². The van der Waals surface area contributed by atoms with Gasteiger partial charge in [0.2, 0.25) is 5.91 Å². The van der Waals surface area contributed by atoms with Crippen LogP contribution in [0.4, 0.5) is 0 Å².